The summed E-state index contributed by atoms with van der Waals surface area (Å²) in [6.07, 6.45) is 9.45. The SMILES string of the molecule is CCCN1CCC(NOC2CCCC2)CC1. The van der Waals surface area contributed by atoms with Crippen LogP contribution in [-0.2, 0) is 4.84 Å². The van der Waals surface area contributed by atoms with Gasteiger partial charge in [-0.2, -0.15) is 5.48 Å². The molecule has 1 saturated heterocycles. The molecule has 2 aliphatic rings. The van der Waals surface area contributed by atoms with E-state index in [2.05, 4.69) is 17.3 Å². The standard InChI is InChI=1S/C13H26N2O/c1-2-9-15-10-7-12(8-11-15)14-16-13-5-3-4-6-13/h12-14H,2-11H2,1H3. The lowest BCUT2D eigenvalue weighted by Gasteiger charge is -2.32. The first kappa shape index (κ1) is 12.3. The van der Waals surface area contributed by atoms with Crippen molar-refractivity contribution in [2.24, 2.45) is 0 Å². The Bertz CT molecular complexity index is 184. The number of hydroxylamine groups is 1. The van der Waals surface area contributed by atoms with Gasteiger partial charge in [0.15, 0.2) is 0 Å². The van der Waals surface area contributed by atoms with Crippen LogP contribution in [0.4, 0.5) is 0 Å². The van der Waals surface area contributed by atoms with Gasteiger partial charge < -0.3 is 4.90 Å². The second-order valence-electron chi connectivity index (χ2n) is 5.26. The summed E-state index contributed by atoms with van der Waals surface area (Å²) in [4.78, 5) is 8.33. The molecule has 1 aliphatic heterocycles. The third kappa shape index (κ3) is 3.72. The molecule has 0 atom stereocenters. The van der Waals surface area contributed by atoms with Gasteiger partial charge in [-0.3, -0.25) is 4.84 Å². The van der Waals surface area contributed by atoms with Gasteiger partial charge >= 0.3 is 0 Å². The fourth-order valence-corrected chi connectivity index (χ4v) is 2.79. The van der Waals surface area contributed by atoms with Crippen LogP contribution in [-0.4, -0.2) is 36.7 Å². The predicted octanol–water partition coefficient (Wildman–Crippen LogP) is 2.32. The lowest BCUT2D eigenvalue weighted by molar-refractivity contribution is -0.0503. The minimum absolute atomic E-state index is 0.494. The van der Waals surface area contributed by atoms with Gasteiger partial charge in [0, 0.05) is 6.04 Å². The molecule has 1 aliphatic carbocycles. The lowest BCUT2D eigenvalue weighted by Crippen LogP contribution is -2.43. The van der Waals surface area contributed by atoms with E-state index in [9.17, 15) is 0 Å². The van der Waals surface area contributed by atoms with Gasteiger partial charge in [0.25, 0.3) is 0 Å². The van der Waals surface area contributed by atoms with E-state index in [-0.39, 0.29) is 0 Å². The van der Waals surface area contributed by atoms with E-state index >= 15 is 0 Å². The summed E-state index contributed by atoms with van der Waals surface area (Å²) in [5.41, 5.74) is 3.30. The van der Waals surface area contributed by atoms with Gasteiger partial charge in [0.1, 0.15) is 0 Å². The zero-order valence-electron chi connectivity index (χ0n) is 10.6. The average Bonchev–Trinajstić information content (AvgIpc) is 2.82. The van der Waals surface area contributed by atoms with Crippen molar-refractivity contribution in [2.75, 3.05) is 19.6 Å². The summed E-state index contributed by atoms with van der Waals surface area (Å²) in [6.45, 7) is 5.99. The highest BCUT2D eigenvalue weighted by Gasteiger charge is 2.21. The molecule has 2 rings (SSSR count). The molecule has 0 unspecified atom stereocenters. The summed E-state index contributed by atoms with van der Waals surface area (Å²) in [7, 11) is 0. The molecule has 0 spiro atoms. The molecule has 16 heavy (non-hydrogen) atoms. The highest BCUT2D eigenvalue weighted by Crippen LogP contribution is 2.20. The van der Waals surface area contributed by atoms with E-state index in [0.717, 1.165) is 0 Å². The maximum atomic E-state index is 5.77. The van der Waals surface area contributed by atoms with Crippen molar-refractivity contribution in [3.8, 4) is 0 Å². The van der Waals surface area contributed by atoms with Crippen LogP contribution in [0.15, 0.2) is 0 Å². The van der Waals surface area contributed by atoms with E-state index in [1.807, 2.05) is 0 Å². The van der Waals surface area contributed by atoms with Gasteiger partial charge in [-0.05, 0) is 51.7 Å². The Morgan fingerprint density at radius 3 is 2.44 bits per heavy atom. The van der Waals surface area contributed by atoms with E-state index in [1.54, 1.807) is 0 Å². The van der Waals surface area contributed by atoms with Crippen molar-refractivity contribution in [2.45, 2.75) is 64.0 Å². The highest BCUT2D eigenvalue weighted by molar-refractivity contribution is 4.75. The van der Waals surface area contributed by atoms with Gasteiger partial charge in [-0.15, -0.1) is 0 Å². The number of likely N-dealkylation sites (tertiary alicyclic amines) is 1. The van der Waals surface area contributed by atoms with Crippen LogP contribution in [0, 0.1) is 0 Å². The molecule has 1 saturated carbocycles. The van der Waals surface area contributed by atoms with Gasteiger partial charge in [-0.25, -0.2) is 0 Å². The predicted molar refractivity (Wildman–Crippen MR) is 66.2 cm³/mol. The summed E-state index contributed by atoms with van der Waals surface area (Å²) >= 11 is 0. The fraction of sp³-hybridized carbons (Fsp3) is 1.00. The smallest absolute Gasteiger partial charge is 0.0790 e. The Morgan fingerprint density at radius 1 is 1.12 bits per heavy atom. The first-order valence-electron chi connectivity index (χ1n) is 7.02. The number of hydrogen-bond acceptors (Lipinski definition) is 3. The first-order chi connectivity index (χ1) is 7.88. The molecule has 1 N–H and O–H groups in total. The summed E-state index contributed by atoms with van der Waals surface area (Å²) < 4.78 is 0. The molecule has 94 valence electrons. The maximum absolute atomic E-state index is 5.77. The molecule has 3 nitrogen and oxygen atoms in total. The molecule has 0 aromatic rings. The number of piperidine rings is 1. The third-order valence-electron chi connectivity index (χ3n) is 3.83. The van der Waals surface area contributed by atoms with Gasteiger partial charge in [0.05, 0.1) is 6.10 Å². The molecule has 0 aromatic heterocycles. The van der Waals surface area contributed by atoms with E-state index in [4.69, 9.17) is 4.84 Å². The number of rotatable bonds is 5. The molecule has 3 heteroatoms. The van der Waals surface area contributed by atoms with E-state index in [0.29, 0.717) is 12.1 Å². The van der Waals surface area contributed by atoms with Crippen molar-refractivity contribution in [3.05, 3.63) is 0 Å². The Hall–Kier alpha value is -0.120. The summed E-state index contributed by atoms with van der Waals surface area (Å²) in [5.74, 6) is 0. The van der Waals surface area contributed by atoms with Gasteiger partial charge in [-0.1, -0.05) is 19.8 Å². The van der Waals surface area contributed by atoms with Crippen LogP contribution >= 0.6 is 0 Å². The zero-order chi connectivity index (χ0) is 11.2. The number of hydrogen-bond donors (Lipinski definition) is 1. The number of nitrogens with zero attached hydrogens (tertiary/aromatic N) is 1. The van der Waals surface area contributed by atoms with Crippen molar-refractivity contribution in [3.63, 3.8) is 0 Å². The van der Waals surface area contributed by atoms with Crippen molar-refractivity contribution in [1.82, 2.24) is 10.4 Å². The molecular formula is C13H26N2O. The molecule has 0 bridgehead atoms. The van der Waals surface area contributed by atoms with Crippen LogP contribution in [0.2, 0.25) is 0 Å². The Kier molecular flexibility index (Phi) is 5.07. The Labute approximate surface area is 99.5 Å². The monoisotopic (exact) mass is 226 g/mol. The van der Waals surface area contributed by atoms with E-state index in [1.165, 1.54) is 64.6 Å². The van der Waals surface area contributed by atoms with Crippen LogP contribution in [0.25, 0.3) is 0 Å². The van der Waals surface area contributed by atoms with E-state index < -0.39 is 0 Å². The van der Waals surface area contributed by atoms with Crippen molar-refractivity contribution >= 4 is 0 Å². The van der Waals surface area contributed by atoms with Crippen molar-refractivity contribution < 1.29 is 4.84 Å². The van der Waals surface area contributed by atoms with Crippen LogP contribution in [0.1, 0.15) is 51.9 Å². The fourth-order valence-electron chi connectivity index (χ4n) is 2.79. The second-order valence-corrected chi connectivity index (χ2v) is 5.26. The molecule has 0 radical (unpaired) electrons. The molecule has 1 heterocycles. The van der Waals surface area contributed by atoms with Crippen LogP contribution in [0.5, 0.6) is 0 Å². The normalized spacial score (nSPS) is 25.3. The zero-order valence-corrected chi connectivity index (χ0v) is 10.6. The highest BCUT2D eigenvalue weighted by atomic mass is 16.7. The summed E-state index contributed by atoms with van der Waals surface area (Å²) in [6, 6.07) is 0.591. The quantitative estimate of drug-likeness (QED) is 0.728. The second kappa shape index (κ2) is 6.58. The minimum atomic E-state index is 0.494. The number of nitrogens with one attached hydrogen (secondary N) is 1. The first-order valence-corrected chi connectivity index (χ1v) is 7.02. The molecule has 0 amide bonds. The van der Waals surface area contributed by atoms with Gasteiger partial charge in [0.2, 0.25) is 0 Å². The largest absolute Gasteiger partial charge is 0.303 e. The lowest BCUT2D eigenvalue weighted by atomic mass is 10.1. The van der Waals surface area contributed by atoms with Crippen LogP contribution < -0.4 is 5.48 Å². The molecule has 0 aromatic carbocycles. The van der Waals surface area contributed by atoms with Crippen molar-refractivity contribution in [1.29, 1.82) is 0 Å². The maximum Gasteiger partial charge on any atom is 0.0790 e. The minimum Gasteiger partial charge on any atom is -0.303 e. The molecule has 2 fully saturated rings. The molecular weight excluding hydrogens is 200 g/mol. The Morgan fingerprint density at radius 2 is 1.81 bits per heavy atom. The summed E-state index contributed by atoms with van der Waals surface area (Å²) in [5, 5.41) is 0. The third-order valence-corrected chi connectivity index (χ3v) is 3.83. The average molecular weight is 226 g/mol. The van der Waals surface area contributed by atoms with Crippen LogP contribution in [0.3, 0.4) is 0 Å². The topological polar surface area (TPSA) is 24.5 Å². The Balaban J connectivity index is 1.57.